The molecular formula is C20H19FN4. The summed E-state index contributed by atoms with van der Waals surface area (Å²) in [6.07, 6.45) is 5.68. The van der Waals surface area contributed by atoms with Crippen molar-refractivity contribution in [1.29, 1.82) is 0 Å². The van der Waals surface area contributed by atoms with Crippen LogP contribution in [0.15, 0.2) is 55.0 Å². The summed E-state index contributed by atoms with van der Waals surface area (Å²) in [5.74, 6) is 2.13. The van der Waals surface area contributed by atoms with E-state index in [1.165, 1.54) is 17.1 Å². The van der Waals surface area contributed by atoms with Crippen LogP contribution in [0.25, 0.3) is 11.3 Å². The van der Waals surface area contributed by atoms with Crippen LogP contribution in [-0.4, -0.2) is 32.5 Å². The highest BCUT2D eigenvalue weighted by atomic mass is 19.1. The smallest absolute Gasteiger partial charge is 0.123 e. The quantitative estimate of drug-likeness (QED) is 0.737. The third-order valence-electron chi connectivity index (χ3n) is 5.43. The first-order valence-electron chi connectivity index (χ1n) is 8.70. The molecule has 0 saturated carbocycles. The number of imidazole rings is 1. The zero-order valence-corrected chi connectivity index (χ0v) is 13.8. The minimum Gasteiger partial charge on any atom is -0.327 e. The third kappa shape index (κ3) is 2.55. The lowest BCUT2D eigenvalue weighted by Gasteiger charge is -2.17. The molecule has 4 nitrogen and oxygen atoms in total. The summed E-state index contributed by atoms with van der Waals surface area (Å²) in [5, 5.41) is 0. The van der Waals surface area contributed by atoms with E-state index in [1.54, 1.807) is 18.3 Å². The van der Waals surface area contributed by atoms with Crippen molar-refractivity contribution in [1.82, 2.24) is 19.4 Å². The van der Waals surface area contributed by atoms with Crippen LogP contribution in [-0.2, 0) is 13.1 Å². The molecule has 2 aliphatic heterocycles. The number of nitrogens with zero attached hydrogens (tertiary/aromatic N) is 4. The molecule has 0 aliphatic carbocycles. The minimum absolute atomic E-state index is 0.174. The second kappa shape index (κ2) is 5.77. The maximum absolute atomic E-state index is 13.1. The largest absolute Gasteiger partial charge is 0.327 e. The summed E-state index contributed by atoms with van der Waals surface area (Å²) in [7, 11) is 0. The molecule has 0 spiro atoms. The van der Waals surface area contributed by atoms with E-state index in [0.717, 1.165) is 31.7 Å². The molecule has 1 saturated heterocycles. The average molecular weight is 334 g/mol. The van der Waals surface area contributed by atoms with Gasteiger partial charge in [-0.15, -0.1) is 0 Å². The van der Waals surface area contributed by atoms with Crippen molar-refractivity contribution >= 4 is 0 Å². The Hall–Kier alpha value is -2.53. The number of likely N-dealkylation sites (tertiary alicyclic amines) is 1. The third-order valence-corrected chi connectivity index (χ3v) is 5.43. The van der Waals surface area contributed by atoms with Crippen LogP contribution >= 0.6 is 0 Å². The van der Waals surface area contributed by atoms with Gasteiger partial charge in [-0.2, -0.15) is 0 Å². The van der Waals surface area contributed by atoms with Crippen molar-refractivity contribution in [2.45, 2.75) is 19.0 Å². The number of aromatic nitrogens is 3. The molecule has 1 aromatic carbocycles. The lowest BCUT2D eigenvalue weighted by atomic mass is 9.99. The maximum atomic E-state index is 13.1. The Balaban J connectivity index is 1.35. The number of benzene rings is 1. The van der Waals surface area contributed by atoms with E-state index in [9.17, 15) is 4.39 Å². The average Bonchev–Trinajstić information content (AvgIpc) is 3.29. The Bertz CT molecular complexity index is 888. The van der Waals surface area contributed by atoms with Crippen molar-refractivity contribution in [3.63, 3.8) is 0 Å². The Kier molecular flexibility index (Phi) is 3.41. The molecule has 0 radical (unpaired) electrons. The van der Waals surface area contributed by atoms with E-state index in [4.69, 9.17) is 4.98 Å². The van der Waals surface area contributed by atoms with Gasteiger partial charge in [-0.1, -0.05) is 12.1 Å². The van der Waals surface area contributed by atoms with Gasteiger partial charge in [0, 0.05) is 56.0 Å². The van der Waals surface area contributed by atoms with E-state index in [2.05, 4.69) is 20.5 Å². The van der Waals surface area contributed by atoms with Gasteiger partial charge in [-0.25, -0.2) is 9.37 Å². The van der Waals surface area contributed by atoms with Gasteiger partial charge in [-0.05, 0) is 29.8 Å². The van der Waals surface area contributed by atoms with Crippen molar-refractivity contribution < 1.29 is 4.39 Å². The highest BCUT2D eigenvalue weighted by molar-refractivity contribution is 5.58. The molecular weight excluding hydrogens is 315 g/mol. The van der Waals surface area contributed by atoms with Crippen LogP contribution in [0.4, 0.5) is 4.39 Å². The van der Waals surface area contributed by atoms with E-state index < -0.39 is 0 Å². The second-order valence-corrected chi connectivity index (χ2v) is 7.04. The maximum Gasteiger partial charge on any atom is 0.123 e. The number of hydrogen-bond donors (Lipinski definition) is 0. The zero-order chi connectivity index (χ0) is 16.8. The van der Waals surface area contributed by atoms with Crippen molar-refractivity contribution in [3.05, 3.63) is 72.2 Å². The Morgan fingerprint density at radius 2 is 1.92 bits per heavy atom. The molecule has 1 fully saturated rings. The zero-order valence-electron chi connectivity index (χ0n) is 13.8. The first-order valence-corrected chi connectivity index (χ1v) is 8.70. The van der Waals surface area contributed by atoms with Gasteiger partial charge in [0.1, 0.15) is 11.6 Å². The van der Waals surface area contributed by atoms with Crippen LogP contribution in [0.3, 0.4) is 0 Å². The Morgan fingerprint density at radius 1 is 1.04 bits per heavy atom. The molecule has 5 heteroatoms. The second-order valence-electron chi connectivity index (χ2n) is 7.04. The molecule has 126 valence electrons. The molecule has 4 heterocycles. The normalized spacial score (nSPS) is 22.1. The van der Waals surface area contributed by atoms with Crippen molar-refractivity contribution in [3.8, 4) is 11.3 Å². The standard InChI is InChI=1S/C20H19FN4/c21-17-5-3-14(4-6-17)10-24-11-16-12-25-19(15-2-1-7-22-8-15)9-23-20(25)18(16)13-24/h1-9,16,18H,10-13H2. The van der Waals surface area contributed by atoms with E-state index in [1.807, 2.05) is 30.6 Å². The summed E-state index contributed by atoms with van der Waals surface area (Å²) >= 11 is 0. The van der Waals surface area contributed by atoms with Crippen LogP contribution in [0.1, 0.15) is 17.3 Å². The fourth-order valence-electron chi connectivity index (χ4n) is 4.27. The summed E-state index contributed by atoms with van der Waals surface area (Å²) in [6.45, 7) is 3.98. The highest BCUT2D eigenvalue weighted by Crippen LogP contribution is 2.41. The number of fused-ring (bicyclic) bond motifs is 3. The highest BCUT2D eigenvalue weighted by Gasteiger charge is 2.42. The molecule has 0 bridgehead atoms. The minimum atomic E-state index is -0.174. The van der Waals surface area contributed by atoms with Gasteiger partial charge in [0.15, 0.2) is 0 Å². The molecule has 5 rings (SSSR count). The Morgan fingerprint density at radius 3 is 2.72 bits per heavy atom. The number of pyridine rings is 1. The van der Waals surface area contributed by atoms with Crippen LogP contribution in [0.5, 0.6) is 0 Å². The lowest BCUT2D eigenvalue weighted by Crippen LogP contribution is -2.22. The molecule has 2 unspecified atom stereocenters. The number of hydrogen-bond acceptors (Lipinski definition) is 3. The predicted octanol–water partition coefficient (Wildman–Crippen LogP) is 3.31. The van der Waals surface area contributed by atoms with E-state index >= 15 is 0 Å². The molecule has 2 atom stereocenters. The summed E-state index contributed by atoms with van der Waals surface area (Å²) in [5.41, 5.74) is 3.47. The SMILES string of the molecule is Fc1ccc(CN2CC3Cn4c(-c5cccnc5)cnc4C3C2)cc1. The van der Waals surface area contributed by atoms with Crippen molar-refractivity contribution in [2.24, 2.45) is 5.92 Å². The molecule has 2 aromatic heterocycles. The van der Waals surface area contributed by atoms with Gasteiger partial charge in [0.25, 0.3) is 0 Å². The molecule has 0 N–H and O–H groups in total. The molecule has 25 heavy (non-hydrogen) atoms. The van der Waals surface area contributed by atoms with Crippen LogP contribution in [0, 0.1) is 11.7 Å². The van der Waals surface area contributed by atoms with Gasteiger partial charge >= 0.3 is 0 Å². The first kappa shape index (κ1) is 14.8. The molecule has 2 aliphatic rings. The van der Waals surface area contributed by atoms with Gasteiger partial charge in [-0.3, -0.25) is 9.88 Å². The topological polar surface area (TPSA) is 34.0 Å². The summed E-state index contributed by atoms with van der Waals surface area (Å²) < 4.78 is 15.4. The molecule has 3 aromatic rings. The van der Waals surface area contributed by atoms with E-state index in [0.29, 0.717) is 11.8 Å². The predicted molar refractivity (Wildman–Crippen MR) is 93.4 cm³/mol. The number of rotatable bonds is 3. The Labute approximate surface area is 146 Å². The van der Waals surface area contributed by atoms with Gasteiger partial charge in [0.05, 0.1) is 11.9 Å². The fraction of sp³-hybridized carbons (Fsp3) is 0.300. The number of halogens is 1. The van der Waals surface area contributed by atoms with E-state index in [-0.39, 0.29) is 5.82 Å². The fourth-order valence-corrected chi connectivity index (χ4v) is 4.27. The summed E-state index contributed by atoms with van der Waals surface area (Å²) in [4.78, 5) is 11.4. The lowest BCUT2D eigenvalue weighted by molar-refractivity contribution is 0.306. The van der Waals surface area contributed by atoms with Crippen LogP contribution in [0.2, 0.25) is 0 Å². The first-order chi connectivity index (χ1) is 12.3. The van der Waals surface area contributed by atoms with Gasteiger partial charge in [0.2, 0.25) is 0 Å². The van der Waals surface area contributed by atoms with Gasteiger partial charge < -0.3 is 4.57 Å². The van der Waals surface area contributed by atoms with Crippen LogP contribution < -0.4 is 0 Å². The monoisotopic (exact) mass is 334 g/mol. The molecule has 0 amide bonds. The summed E-state index contributed by atoms with van der Waals surface area (Å²) in [6, 6.07) is 10.9. The van der Waals surface area contributed by atoms with Crippen molar-refractivity contribution in [2.75, 3.05) is 13.1 Å².